The highest BCUT2D eigenvalue weighted by Gasteiger charge is 2.45. The lowest BCUT2D eigenvalue weighted by atomic mass is 9.73. The second-order valence-corrected chi connectivity index (χ2v) is 8.73. The van der Waals surface area contributed by atoms with Crippen LogP contribution in [0.4, 0.5) is 0 Å². The van der Waals surface area contributed by atoms with E-state index >= 15 is 0 Å². The van der Waals surface area contributed by atoms with Crippen molar-refractivity contribution in [2.75, 3.05) is 13.6 Å². The highest BCUT2D eigenvalue weighted by molar-refractivity contribution is 6.33. The normalized spacial score (nSPS) is 26.0. The number of hydrogen-bond acceptors (Lipinski definition) is 4. The Hall–Kier alpha value is -2.41. The number of likely N-dealkylation sites (N-methyl/N-ethyl adjacent to an activating group) is 1. The van der Waals surface area contributed by atoms with Gasteiger partial charge in [-0.25, -0.2) is 0 Å². The molecule has 0 bridgehead atoms. The number of aliphatic hydroxyl groups excluding tert-OH is 2. The molecule has 2 amide bonds. The molecule has 7 heteroatoms. The Labute approximate surface area is 187 Å². The topological polar surface area (TPSA) is 89.9 Å². The lowest BCUT2D eigenvalue weighted by Gasteiger charge is -2.39. The second kappa shape index (κ2) is 9.81. The van der Waals surface area contributed by atoms with Crippen LogP contribution in [-0.4, -0.2) is 58.8 Å². The number of carbonyl (C=O) groups excluding carboxylic acids is 2. The molecule has 3 N–H and O–H groups in total. The van der Waals surface area contributed by atoms with Crippen molar-refractivity contribution in [3.8, 4) is 0 Å². The van der Waals surface area contributed by atoms with Crippen LogP contribution in [0.2, 0.25) is 5.02 Å². The predicted octanol–water partition coefficient (Wildman–Crippen LogP) is 2.76. The summed E-state index contributed by atoms with van der Waals surface area (Å²) in [5, 5.41) is 24.8. The van der Waals surface area contributed by atoms with E-state index in [1.54, 1.807) is 31.3 Å². The number of hydrogen-bond donors (Lipinski definition) is 3. The molecule has 3 rings (SSSR count). The number of amides is 2. The smallest absolute Gasteiger partial charge is 0.255 e. The number of halogens is 1. The quantitative estimate of drug-likeness (QED) is 0.618. The van der Waals surface area contributed by atoms with Crippen molar-refractivity contribution < 1.29 is 19.8 Å². The Bertz CT molecular complexity index is 923. The Morgan fingerprint density at radius 2 is 1.77 bits per heavy atom. The van der Waals surface area contributed by atoms with E-state index in [2.05, 4.69) is 5.32 Å². The van der Waals surface area contributed by atoms with Gasteiger partial charge in [0.15, 0.2) is 0 Å². The number of rotatable bonds is 5. The molecule has 166 valence electrons. The molecule has 0 saturated heterocycles. The fourth-order valence-electron chi connectivity index (χ4n) is 4.43. The third-order valence-electron chi connectivity index (χ3n) is 6.29. The molecule has 4 atom stereocenters. The number of carbonyl (C=O) groups is 2. The van der Waals surface area contributed by atoms with Gasteiger partial charge in [-0.2, -0.15) is 0 Å². The van der Waals surface area contributed by atoms with Crippen molar-refractivity contribution in [3.63, 3.8) is 0 Å². The van der Waals surface area contributed by atoms with E-state index in [1.807, 2.05) is 30.3 Å². The monoisotopic (exact) mass is 444 g/mol. The van der Waals surface area contributed by atoms with Gasteiger partial charge >= 0.3 is 0 Å². The number of nitrogens with one attached hydrogen (secondary N) is 1. The summed E-state index contributed by atoms with van der Waals surface area (Å²) in [6.45, 7) is 1.81. The van der Waals surface area contributed by atoms with Crippen molar-refractivity contribution >= 4 is 23.4 Å². The van der Waals surface area contributed by atoms with Crippen LogP contribution in [0.15, 0.2) is 54.6 Å². The molecule has 31 heavy (non-hydrogen) atoms. The first kappa shape index (κ1) is 23.3. The van der Waals surface area contributed by atoms with Gasteiger partial charge in [-0.15, -0.1) is 0 Å². The summed E-state index contributed by atoms with van der Waals surface area (Å²) in [6, 6.07) is 15.8. The number of benzene rings is 2. The third kappa shape index (κ3) is 5.09. The first-order valence-corrected chi connectivity index (χ1v) is 10.8. The van der Waals surface area contributed by atoms with Crippen molar-refractivity contribution in [1.29, 1.82) is 0 Å². The standard InChI is InChI=1S/C24H29ClN2O4/c1-16(28)26-15-24(17-8-4-3-5-9-17)13-12-21(29)22(30)20(14-24)27(2)23(31)18-10-6-7-11-19(18)25/h3-11,20-22,29-30H,12-15H2,1-2H3,(H,26,28)/t20-,21-,22+,24+/m0/s1. The second-order valence-electron chi connectivity index (χ2n) is 8.32. The maximum Gasteiger partial charge on any atom is 0.255 e. The van der Waals surface area contributed by atoms with E-state index in [4.69, 9.17) is 11.6 Å². The van der Waals surface area contributed by atoms with Gasteiger partial charge in [-0.1, -0.05) is 54.1 Å². The molecular formula is C24H29ClN2O4. The van der Waals surface area contributed by atoms with Gasteiger partial charge in [0.25, 0.3) is 5.91 Å². The van der Waals surface area contributed by atoms with E-state index in [0.717, 1.165) is 5.56 Å². The molecule has 6 nitrogen and oxygen atoms in total. The zero-order valence-corrected chi connectivity index (χ0v) is 18.5. The first-order chi connectivity index (χ1) is 14.7. The summed E-state index contributed by atoms with van der Waals surface area (Å²) >= 11 is 6.23. The Morgan fingerprint density at radius 3 is 2.42 bits per heavy atom. The summed E-state index contributed by atoms with van der Waals surface area (Å²) in [7, 11) is 1.62. The zero-order valence-electron chi connectivity index (χ0n) is 17.8. The molecule has 1 fully saturated rings. The summed E-state index contributed by atoms with van der Waals surface area (Å²) < 4.78 is 0. The summed E-state index contributed by atoms with van der Waals surface area (Å²) in [6.07, 6.45) is -0.837. The minimum Gasteiger partial charge on any atom is -0.390 e. The van der Waals surface area contributed by atoms with E-state index in [0.29, 0.717) is 36.4 Å². The zero-order chi connectivity index (χ0) is 22.6. The average Bonchev–Trinajstić information content (AvgIpc) is 2.90. The molecule has 2 aromatic rings. The molecule has 1 aliphatic rings. The van der Waals surface area contributed by atoms with Gasteiger partial charge in [0.05, 0.1) is 22.7 Å². The fraction of sp³-hybridized carbons (Fsp3) is 0.417. The van der Waals surface area contributed by atoms with Crippen LogP contribution in [0.5, 0.6) is 0 Å². The largest absolute Gasteiger partial charge is 0.390 e. The number of nitrogens with zero attached hydrogens (tertiary/aromatic N) is 1. The SMILES string of the molecule is CC(=O)NC[C@@]1(c2ccccc2)CC[C@H](O)[C@H](O)[C@@H](N(C)C(=O)c2ccccc2Cl)C1. The van der Waals surface area contributed by atoms with Gasteiger partial charge in [0.1, 0.15) is 6.10 Å². The van der Waals surface area contributed by atoms with E-state index in [1.165, 1.54) is 11.8 Å². The summed E-state index contributed by atoms with van der Waals surface area (Å²) in [5.74, 6) is -0.483. The maximum absolute atomic E-state index is 13.2. The molecular weight excluding hydrogens is 416 g/mol. The molecule has 1 aliphatic carbocycles. The fourth-order valence-corrected chi connectivity index (χ4v) is 4.64. The minimum absolute atomic E-state index is 0.155. The lowest BCUT2D eigenvalue weighted by molar-refractivity contribution is -0.119. The van der Waals surface area contributed by atoms with Crippen LogP contribution >= 0.6 is 11.6 Å². The van der Waals surface area contributed by atoms with Gasteiger partial charge in [-0.05, 0) is 37.0 Å². The summed E-state index contributed by atoms with van der Waals surface area (Å²) in [4.78, 5) is 26.4. The Kier molecular flexibility index (Phi) is 7.36. The van der Waals surface area contributed by atoms with E-state index in [-0.39, 0.29) is 11.8 Å². The van der Waals surface area contributed by atoms with Crippen molar-refractivity contribution in [3.05, 3.63) is 70.7 Å². The highest BCUT2D eigenvalue weighted by Crippen LogP contribution is 2.40. The van der Waals surface area contributed by atoms with Crippen LogP contribution in [-0.2, 0) is 10.2 Å². The predicted molar refractivity (Wildman–Crippen MR) is 120 cm³/mol. The third-order valence-corrected chi connectivity index (χ3v) is 6.62. The Morgan fingerprint density at radius 1 is 1.13 bits per heavy atom. The Balaban J connectivity index is 2.00. The van der Waals surface area contributed by atoms with Crippen LogP contribution in [0.25, 0.3) is 0 Å². The molecule has 0 aromatic heterocycles. The molecule has 2 aromatic carbocycles. The first-order valence-electron chi connectivity index (χ1n) is 10.4. The molecule has 0 spiro atoms. The van der Waals surface area contributed by atoms with Crippen molar-refractivity contribution in [1.82, 2.24) is 10.2 Å². The molecule has 0 radical (unpaired) electrons. The van der Waals surface area contributed by atoms with Gasteiger partial charge < -0.3 is 20.4 Å². The van der Waals surface area contributed by atoms with Crippen LogP contribution in [0, 0.1) is 0 Å². The molecule has 0 aliphatic heterocycles. The lowest BCUT2D eigenvalue weighted by Crippen LogP contribution is -2.51. The average molecular weight is 445 g/mol. The van der Waals surface area contributed by atoms with Crippen LogP contribution in [0.1, 0.15) is 42.1 Å². The van der Waals surface area contributed by atoms with Gasteiger partial charge in [0.2, 0.25) is 5.91 Å². The van der Waals surface area contributed by atoms with E-state index < -0.39 is 23.7 Å². The molecule has 0 unspecified atom stereocenters. The van der Waals surface area contributed by atoms with Gasteiger partial charge in [0, 0.05) is 25.9 Å². The van der Waals surface area contributed by atoms with Crippen LogP contribution < -0.4 is 5.32 Å². The van der Waals surface area contributed by atoms with E-state index in [9.17, 15) is 19.8 Å². The highest BCUT2D eigenvalue weighted by atomic mass is 35.5. The molecule has 0 heterocycles. The maximum atomic E-state index is 13.2. The van der Waals surface area contributed by atoms with Gasteiger partial charge in [-0.3, -0.25) is 9.59 Å². The van der Waals surface area contributed by atoms with Crippen LogP contribution in [0.3, 0.4) is 0 Å². The summed E-state index contributed by atoms with van der Waals surface area (Å²) in [5.41, 5.74) is 0.781. The molecule has 1 saturated carbocycles. The minimum atomic E-state index is -1.13. The van der Waals surface area contributed by atoms with Crippen molar-refractivity contribution in [2.24, 2.45) is 0 Å². The number of aliphatic hydroxyl groups is 2. The van der Waals surface area contributed by atoms with Crippen molar-refractivity contribution in [2.45, 2.75) is 49.9 Å².